The molecule has 2 heterocycles. The van der Waals surface area contributed by atoms with Crippen LogP contribution >= 0.6 is 0 Å². The van der Waals surface area contributed by atoms with Gasteiger partial charge in [0.05, 0.1) is 18.2 Å². The summed E-state index contributed by atoms with van der Waals surface area (Å²) in [4.78, 5) is 18.7. The molecule has 128 valence electrons. The molecule has 1 saturated heterocycles. The highest BCUT2D eigenvalue weighted by molar-refractivity contribution is 5.94. The summed E-state index contributed by atoms with van der Waals surface area (Å²) in [6.07, 6.45) is 3.75. The van der Waals surface area contributed by atoms with Crippen LogP contribution in [0.5, 0.6) is 5.75 Å². The van der Waals surface area contributed by atoms with E-state index < -0.39 is 0 Å². The lowest BCUT2D eigenvalue weighted by atomic mass is 9.98. The van der Waals surface area contributed by atoms with Crippen LogP contribution < -0.4 is 4.74 Å². The Morgan fingerprint density at radius 2 is 2.28 bits per heavy atom. The largest absolute Gasteiger partial charge is 0.493 e. The number of ether oxygens (including phenoxy) is 1. The van der Waals surface area contributed by atoms with Gasteiger partial charge in [0.15, 0.2) is 0 Å². The summed E-state index contributed by atoms with van der Waals surface area (Å²) in [6, 6.07) is 12.7. The third-order valence-electron chi connectivity index (χ3n) is 4.40. The molecule has 0 saturated carbocycles. The van der Waals surface area contributed by atoms with Gasteiger partial charge in [-0.15, -0.1) is 0 Å². The Labute approximate surface area is 147 Å². The van der Waals surface area contributed by atoms with Gasteiger partial charge in [-0.25, -0.2) is 0 Å². The fraction of sp³-hybridized carbons (Fsp3) is 0.350. The summed E-state index contributed by atoms with van der Waals surface area (Å²) < 4.78 is 5.88. The van der Waals surface area contributed by atoms with Gasteiger partial charge in [-0.05, 0) is 44.0 Å². The summed E-state index contributed by atoms with van der Waals surface area (Å²) >= 11 is 0. The second-order valence-corrected chi connectivity index (χ2v) is 6.40. The maximum atomic E-state index is 12.7. The Balaban J connectivity index is 1.60. The zero-order valence-electron chi connectivity index (χ0n) is 14.3. The maximum absolute atomic E-state index is 12.7. The SMILES string of the molecule is Cc1cc(OCC2CCCN(C(=O)c3cccc(C#N)c3)C2)ccn1. The lowest BCUT2D eigenvalue weighted by molar-refractivity contribution is 0.0633. The first-order valence-electron chi connectivity index (χ1n) is 8.50. The highest BCUT2D eigenvalue weighted by atomic mass is 16.5. The Bertz CT molecular complexity index is 798. The molecule has 0 N–H and O–H groups in total. The second kappa shape index (κ2) is 7.80. The van der Waals surface area contributed by atoms with Crippen molar-refractivity contribution in [3.05, 3.63) is 59.4 Å². The molecule has 1 aromatic carbocycles. The third-order valence-corrected chi connectivity index (χ3v) is 4.40. The number of likely N-dealkylation sites (tertiary alicyclic amines) is 1. The van der Waals surface area contributed by atoms with E-state index in [1.54, 1.807) is 30.5 Å². The molecule has 1 atom stereocenters. The molecule has 1 fully saturated rings. The Morgan fingerprint density at radius 1 is 1.40 bits per heavy atom. The van der Waals surface area contributed by atoms with Crippen molar-refractivity contribution >= 4 is 5.91 Å². The van der Waals surface area contributed by atoms with Crippen molar-refractivity contribution in [1.82, 2.24) is 9.88 Å². The van der Waals surface area contributed by atoms with Gasteiger partial charge in [0, 0.05) is 42.5 Å². The average Bonchev–Trinajstić information content (AvgIpc) is 2.66. The van der Waals surface area contributed by atoms with Crippen molar-refractivity contribution in [1.29, 1.82) is 5.26 Å². The molecule has 5 nitrogen and oxygen atoms in total. The van der Waals surface area contributed by atoms with Crippen LogP contribution in [-0.4, -0.2) is 35.5 Å². The fourth-order valence-electron chi connectivity index (χ4n) is 3.11. The molecule has 0 spiro atoms. The molecule has 0 aliphatic carbocycles. The van der Waals surface area contributed by atoms with E-state index in [1.165, 1.54) is 0 Å². The number of nitriles is 1. The number of carbonyl (C=O) groups excluding carboxylic acids is 1. The van der Waals surface area contributed by atoms with Crippen molar-refractivity contribution in [3.8, 4) is 11.8 Å². The van der Waals surface area contributed by atoms with E-state index in [4.69, 9.17) is 10.00 Å². The lowest BCUT2D eigenvalue weighted by Gasteiger charge is -2.32. The van der Waals surface area contributed by atoms with Crippen LogP contribution in [0.3, 0.4) is 0 Å². The molecule has 1 amide bonds. The van der Waals surface area contributed by atoms with Crippen LogP contribution in [0.15, 0.2) is 42.6 Å². The lowest BCUT2D eigenvalue weighted by Crippen LogP contribution is -2.41. The molecule has 25 heavy (non-hydrogen) atoms. The van der Waals surface area contributed by atoms with E-state index in [2.05, 4.69) is 11.1 Å². The Hall–Kier alpha value is -2.87. The van der Waals surface area contributed by atoms with Crippen molar-refractivity contribution in [2.24, 2.45) is 5.92 Å². The van der Waals surface area contributed by atoms with Gasteiger partial charge >= 0.3 is 0 Å². The smallest absolute Gasteiger partial charge is 0.253 e. The van der Waals surface area contributed by atoms with Crippen LogP contribution in [0, 0.1) is 24.2 Å². The summed E-state index contributed by atoms with van der Waals surface area (Å²) in [5.74, 6) is 1.12. The number of benzene rings is 1. The molecule has 1 aromatic heterocycles. The molecule has 0 radical (unpaired) electrons. The van der Waals surface area contributed by atoms with Gasteiger partial charge in [-0.2, -0.15) is 5.26 Å². The van der Waals surface area contributed by atoms with Gasteiger partial charge in [-0.1, -0.05) is 6.07 Å². The number of nitrogens with zero attached hydrogens (tertiary/aromatic N) is 3. The number of aryl methyl sites for hydroxylation is 1. The third kappa shape index (κ3) is 4.36. The van der Waals surface area contributed by atoms with E-state index in [0.717, 1.165) is 30.8 Å². The van der Waals surface area contributed by atoms with Crippen LogP contribution in [0.4, 0.5) is 0 Å². The van der Waals surface area contributed by atoms with Gasteiger partial charge in [-0.3, -0.25) is 9.78 Å². The highest BCUT2D eigenvalue weighted by Crippen LogP contribution is 2.21. The van der Waals surface area contributed by atoms with E-state index in [9.17, 15) is 4.79 Å². The molecule has 3 rings (SSSR count). The average molecular weight is 335 g/mol. The standard InChI is InChI=1S/C20H21N3O2/c1-15-10-19(7-8-22-15)25-14-17-5-3-9-23(13-17)20(24)18-6-2-4-16(11-18)12-21/h2,4,6-8,10-11,17H,3,5,9,13-14H2,1H3. The summed E-state index contributed by atoms with van der Waals surface area (Å²) in [5.41, 5.74) is 2.01. The van der Waals surface area contributed by atoms with Gasteiger partial charge in [0.2, 0.25) is 0 Å². The number of hydrogen-bond donors (Lipinski definition) is 0. The number of aromatic nitrogens is 1. The minimum atomic E-state index is -0.0124. The zero-order chi connectivity index (χ0) is 17.6. The maximum Gasteiger partial charge on any atom is 0.253 e. The summed E-state index contributed by atoms with van der Waals surface area (Å²) in [6.45, 7) is 3.95. The van der Waals surface area contributed by atoms with E-state index in [-0.39, 0.29) is 5.91 Å². The topological polar surface area (TPSA) is 66.2 Å². The van der Waals surface area contributed by atoms with Crippen molar-refractivity contribution in [2.75, 3.05) is 19.7 Å². The number of pyridine rings is 1. The Kier molecular flexibility index (Phi) is 5.30. The first-order valence-corrected chi connectivity index (χ1v) is 8.50. The van der Waals surface area contributed by atoms with Crippen LogP contribution in [-0.2, 0) is 0 Å². The quantitative estimate of drug-likeness (QED) is 0.860. The number of carbonyl (C=O) groups is 1. The Morgan fingerprint density at radius 3 is 3.08 bits per heavy atom. The highest BCUT2D eigenvalue weighted by Gasteiger charge is 2.25. The predicted octanol–water partition coefficient (Wildman–Crippen LogP) is 3.19. The van der Waals surface area contributed by atoms with Gasteiger partial charge in [0.25, 0.3) is 5.91 Å². The molecule has 0 bridgehead atoms. The van der Waals surface area contributed by atoms with Crippen LogP contribution in [0.2, 0.25) is 0 Å². The predicted molar refractivity (Wildman–Crippen MR) is 94.3 cm³/mol. The number of rotatable bonds is 4. The number of hydrogen-bond acceptors (Lipinski definition) is 4. The minimum absolute atomic E-state index is 0.0124. The van der Waals surface area contributed by atoms with E-state index >= 15 is 0 Å². The van der Waals surface area contributed by atoms with Crippen molar-refractivity contribution in [3.63, 3.8) is 0 Å². The van der Waals surface area contributed by atoms with Crippen LogP contribution in [0.25, 0.3) is 0 Å². The first kappa shape index (κ1) is 17.0. The van der Waals surface area contributed by atoms with Crippen molar-refractivity contribution < 1.29 is 9.53 Å². The normalized spacial score (nSPS) is 17.0. The number of piperidine rings is 1. The van der Waals surface area contributed by atoms with Crippen LogP contribution in [0.1, 0.15) is 34.5 Å². The number of amides is 1. The molecule has 2 aromatic rings. The second-order valence-electron chi connectivity index (χ2n) is 6.40. The van der Waals surface area contributed by atoms with Gasteiger partial charge in [0.1, 0.15) is 5.75 Å². The minimum Gasteiger partial charge on any atom is -0.493 e. The zero-order valence-corrected chi connectivity index (χ0v) is 14.3. The monoisotopic (exact) mass is 335 g/mol. The molecule has 5 heteroatoms. The molecule has 1 aliphatic heterocycles. The molecule has 1 unspecified atom stereocenters. The van der Waals surface area contributed by atoms with Crippen molar-refractivity contribution in [2.45, 2.75) is 19.8 Å². The van der Waals surface area contributed by atoms with E-state index in [0.29, 0.717) is 30.2 Å². The summed E-state index contributed by atoms with van der Waals surface area (Å²) in [7, 11) is 0. The molecular weight excluding hydrogens is 314 g/mol. The first-order chi connectivity index (χ1) is 12.2. The van der Waals surface area contributed by atoms with Gasteiger partial charge < -0.3 is 9.64 Å². The fourth-order valence-corrected chi connectivity index (χ4v) is 3.11. The summed E-state index contributed by atoms with van der Waals surface area (Å²) in [5, 5.41) is 9.00. The molecular formula is C20H21N3O2. The molecule has 1 aliphatic rings. The van der Waals surface area contributed by atoms with E-state index in [1.807, 2.05) is 24.0 Å².